The summed E-state index contributed by atoms with van der Waals surface area (Å²) in [4.78, 5) is 17.5. The summed E-state index contributed by atoms with van der Waals surface area (Å²) in [5, 5.41) is 8.02. The number of rotatable bonds is 4. The van der Waals surface area contributed by atoms with Crippen molar-refractivity contribution < 1.29 is 9.53 Å². The smallest absolute Gasteiger partial charge is 0.264 e. The fraction of sp³-hybridized carbons (Fsp3) is 0.136. The van der Waals surface area contributed by atoms with Crippen LogP contribution in [0.5, 0.6) is 5.75 Å². The molecule has 7 heteroatoms. The normalized spacial score (nSPS) is 16.4. The Hall–Kier alpha value is -3.32. The Morgan fingerprint density at radius 2 is 1.83 bits per heavy atom. The minimum atomic E-state index is -0.159. The molecule has 3 aromatic rings. The van der Waals surface area contributed by atoms with Crippen molar-refractivity contribution in [3.05, 3.63) is 76.5 Å². The molecule has 1 amide bonds. The number of aryl methyl sites for hydroxylation is 1. The van der Waals surface area contributed by atoms with E-state index in [2.05, 4.69) is 15.4 Å². The SMILES string of the molecule is COc1ccc(N=C2NC(=O)/C(=C\c3c(C)nn(-c4ccccc4)c3C)S2)cc1. The summed E-state index contributed by atoms with van der Waals surface area (Å²) in [7, 11) is 1.62. The van der Waals surface area contributed by atoms with Crippen molar-refractivity contribution >= 4 is 34.6 Å². The van der Waals surface area contributed by atoms with E-state index in [0.717, 1.165) is 34.1 Å². The molecule has 29 heavy (non-hydrogen) atoms. The molecular formula is C22H20N4O2S. The molecule has 146 valence electrons. The van der Waals surface area contributed by atoms with Gasteiger partial charge in [0, 0.05) is 11.3 Å². The molecular weight excluding hydrogens is 384 g/mol. The van der Waals surface area contributed by atoms with Crippen LogP contribution in [0.25, 0.3) is 11.8 Å². The van der Waals surface area contributed by atoms with Crippen LogP contribution < -0.4 is 10.1 Å². The Labute approximate surface area is 173 Å². The van der Waals surface area contributed by atoms with Crippen molar-refractivity contribution in [1.29, 1.82) is 0 Å². The lowest BCUT2D eigenvalue weighted by molar-refractivity contribution is -0.115. The summed E-state index contributed by atoms with van der Waals surface area (Å²) in [6.07, 6.45) is 1.88. The first-order valence-electron chi connectivity index (χ1n) is 9.10. The Morgan fingerprint density at radius 1 is 1.10 bits per heavy atom. The Morgan fingerprint density at radius 3 is 2.52 bits per heavy atom. The number of amides is 1. The first kappa shape index (κ1) is 19.0. The molecule has 0 radical (unpaired) electrons. The number of carbonyl (C=O) groups is 1. The highest BCUT2D eigenvalue weighted by molar-refractivity contribution is 8.18. The van der Waals surface area contributed by atoms with Crippen molar-refractivity contribution in [2.45, 2.75) is 13.8 Å². The lowest BCUT2D eigenvalue weighted by Crippen LogP contribution is -2.19. The van der Waals surface area contributed by atoms with Gasteiger partial charge in [-0.15, -0.1) is 0 Å². The largest absolute Gasteiger partial charge is 0.497 e. The number of carbonyl (C=O) groups excluding carboxylic acids is 1. The van der Waals surface area contributed by atoms with E-state index in [1.54, 1.807) is 7.11 Å². The molecule has 1 aliphatic rings. The van der Waals surface area contributed by atoms with Crippen LogP contribution in [0.15, 0.2) is 64.5 Å². The fourth-order valence-electron chi connectivity index (χ4n) is 3.07. The van der Waals surface area contributed by atoms with E-state index in [-0.39, 0.29) is 5.91 Å². The second-order valence-electron chi connectivity index (χ2n) is 6.51. The second kappa shape index (κ2) is 7.97. The van der Waals surface area contributed by atoms with Crippen molar-refractivity contribution in [1.82, 2.24) is 15.1 Å². The minimum Gasteiger partial charge on any atom is -0.497 e. The highest BCUT2D eigenvalue weighted by Gasteiger charge is 2.25. The Bertz CT molecular complexity index is 1120. The topological polar surface area (TPSA) is 68.5 Å². The summed E-state index contributed by atoms with van der Waals surface area (Å²) in [6.45, 7) is 3.95. The number of amidine groups is 1. The third-order valence-electron chi connectivity index (χ3n) is 4.58. The maximum atomic E-state index is 12.5. The average molecular weight is 404 g/mol. The molecule has 1 aromatic heterocycles. The molecule has 0 bridgehead atoms. The van der Waals surface area contributed by atoms with Crippen LogP contribution in [-0.2, 0) is 4.79 Å². The van der Waals surface area contributed by atoms with E-state index >= 15 is 0 Å². The number of aliphatic imine (C=N–C) groups is 1. The van der Waals surface area contributed by atoms with E-state index in [4.69, 9.17) is 4.74 Å². The number of hydrogen-bond acceptors (Lipinski definition) is 5. The number of ether oxygens (including phenoxy) is 1. The van der Waals surface area contributed by atoms with Crippen LogP contribution in [0.2, 0.25) is 0 Å². The molecule has 6 nitrogen and oxygen atoms in total. The Balaban J connectivity index is 1.61. The van der Waals surface area contributed by atoms with Crippen molar-refractivity contribution in [3.8, 4) is 11.4 Å². The third-order valence-corrected chi connectivity index (χ3v) is 5.49. The van der Waals surface area contributed by atoms with Gasteiger partial charge in [-0.2, -0.15) is 5.10 Å². The predicted molar refractivity (Wildman–Crippen MR) is 117 cm³/mol. The monoisotopic (exact) mass is 404 g/mol. The van der Waals surface area contributed by atoms with E-state index in [1.807, 2.05) is 79.2 Å². The fourth-order valence-corrected chi connectivity index (χ4v) is 3.89. The Kier molecular flexibility index (Phi) is 5.22. The molecule has 1 fully saturated rings. The summed E-state index contributed by atoms with van der Waals surface area (Å²) < 4.78 is 7.05. The van der Waals surface area contributed by atoms with Crippen molar-refractivity contribution in [2.75, 3.05) is 7.11 Å². The molecule has 0 spiro atoms. The van der Waals surface area contributed by atoms with E-state index < -0.39 is 0 Å². The first-order valence-corrected chi connectivity index (χ1v) is 9.92. The van der Waals surface area contributed by atoms with Crippen LogP contribution in [0, 0.1) is 13.8 Å². The highest BCUT2D eigenvalue weighted by Crippen LogP contribution is 2.30. The van der Waals surface area contributed by atoms with Gasteiger partial charge in [0.1, 0.15) is 5.75 Å². The van der Waals surface area contributed by atoms with Crippen LogP contribution in [0.4, 0.5) is 5.69 Å². The van der Waals surface area contributed by atoms with Gasteiger partial charge < -0.3 is 10.1 Å². The standard InChI is InChI=1S/C22H20N4O2S/c1-14-19(15(2)26(25-14)17-7-5-4-6-8-17)13-20-21(27)24-22(29-20)23-16-9-11-18(28-3)12-10-16/h4-13H,1-3H3,(H,23,24,27)/b20-13+. The molecule has 0 saturated carbocycles. The number of methoxy groups -OCH3 is 1. The van der Waals surface area contributed by atoms with Crippen LogP contribution in [0.3, 0.4) is 0 Å². The van der Waals surface area contributed by atoms with Gasteiger partial charge in [0.2, 0.25) is 0 Å². The number of nitrogens with one attached hydrogen (secondary N) is 1. The van der Waals surface area contributed by atoms with Gasteiger partial charge in [-0.3, -0.25) is 4.79 Å². The quantitative estimate of drug-likeness (QED) is 0.655. The zero-order valence-corrected chi connectivity index (χ0v) is 17.2. The predicted octanol–water partition coefficient (Wildman–Crippen LogP) is 4.39. The molecule has 0 aliphatic carbocycles. The molecule has 2 heterocycles. The third kappa shape index (κ3) is 3.95. The average Bonchev–Trinajstić information content (AvgIpc) is 3.23. The summed E-state index contributed by atoms with van der Waals surface area (Å²) in [5.41, 5.74) is 4.53. The number of para-hydroxylation sites is 1. The van der Waals surface area contributed by atoms with E-state index in [0.29, 0.717) is 10.1 Å². The lowest BCUT2D eigenvalue weighted by atomic mass is 10.2. The first-order chi connectivity index (χ1) is 14.0. The summed E-state index contributed by atoms with van der Waals surface area (Å²) in [6, 6.07) is 17.3. The van der Waals surface area contributed by atoms with Gasteiger partial charge in [0.05, 0.1) is 29.1 Å². The molecule has 1 saturated heterocycles. The van der Waals surface area contributed by atoms with E-state index in [1.165, 1.54) is 11.8 Å². The number of benzene rings is 2. The van der Waals surface area contributed by atoms with Gasteiger partial charge >= 0.3 is 0 Å². The molecule has 0 unspecified atom stereocenters. The van der Waals surface area contributed by atoms with Crippen LogP contribution in [-0.4, -0.2) is 28.0 Å². The van der Waals surface area contributed by atoms with Crippen LogP contribution >= 0.6 is 11.8 Å². The van der Waals surface area contributed by atoms with Crippen molar-refractivity contribution in [2.24, 2.45) is 4.99 Å². The molecule has 0 atom stereocenters. The molecule has 1 N–H and O–H groups in total. The number of aromatic nitrogens is 2. The van der Waals surface area contributed by atoms with Gasteiger partial charge in [-0.1, -0.05) is 18.2 Å². The van der Waals surface area contributed by atoms with Gasteiger partial charge in [0.15, 0.2) is 5.17 Å². The lowest BCUT2D eigenvalue weighted by Gasteiger charge is -2.03. The van der Waals surface area contributed by atoms with Crippen molar-refractivity contribution in [3.63, 3.8) is 0 Å². The molecule has 1 aliphatic heterocycles. The maximum Gasteiger partial charge on any atom is 0.264 e. The molecule has 2 aromatic carbocycles. The van der Waals surface area contributed by atoms with E-state index in [9.17, 15) is 4.79 Å². The zero-order chi connectivity index (χ0) is 20.4. The number of thioether (sulfide) groups is 1. The van der Waals surface area contributed by atoms with Gasteiger partial charge in [-0.05, 0) is 68.1 Å². The summed E-state index contributed by atoms with van der Waals surface area (Å²) >= 11 is 1.32. The summed E-state index contributed by atoms with van der Waals surface area (Å²) in [5.74, 6) is 0.604. The number of hydrogen-bond donors (Lipinski definition) is 1. The zero-order valence-electron chi connectivity index (χ0n) is 16.3. The van der Waals surface area contributed by atoms with Crippen LogP contribution in [0.1, 0.15) is 17.0 Å². The van der Waals surface area contributed by atoms with Gasteiger partial charge in [-0.25, -0.2) is 9.67 Å². The molecule has 4 rings (SSSR count). The van der Waals surface area contributed by atoms with Gasteiger partial charge in [0.25, 0.3) is 5.91 Å². The maximum absolute atomic E-state index is 12.5. The highest BCUT2D eigenvalue weighted by atomic mass is 32.2. The number of nitrogens with zero attached hydrogens (tertiary/aromatic N) is 3. The second-order valence-corrected chi connectivity index (χ2v) is 7.54. The minimum absolute atomic E-state index is 0.159.